The van der Waals surface area contributed by atoms with Crippen LogP contribution in [0.25, 0.3) is 10.9 Å². The zero-order valence-corrected chi connectivity index (χ0v) is 10.2. The van der Waals surface area contributed by atoms with Crippen LogP contribution in [0.5, 0.6) is 5.75 Å². The smallest absolute Gasteiger partial charge is 0.224 e. The molecule has 0 aliphatic carbocycles. The average Bonchev–Trinajstić information content (AvgIpc) is 2.74. The van der Waals surface area contributed by atoms with Gasteiger partial charge in [-0.1, -0.05) is 12.1 Å². The summed E-state index contributed by atoms with van der Waals surface area (Å²) in [5, 5.41) is 13.3. The van der Waals surface area contributed by atoms with Crippen molar-refractivity contribution in [1.82, 2.24) is 10.3 Å². The monoisotopic (exact) mass is 247 g/mol. The highest BCUT2D eigenvalue weighted by atomic mass is 16.3. The predicted octanol–water partition coefficient (Wildman–Crippen LogP) is 0.879. The molecule has 2 aromatic rings. The van der Waals surface area contributed by atoms with Crippen LogP contribution in [-0.4, -0.2) is 28.6 Å². The van der Waals surface area contributed by atoms with Gasteiger partial charge in [0, 0.05) is 24.2 Å². The Morgan fingerprint density at radius 3 is 3.06 bits per heavy atom. The average molecular weight is 247 g/mol. The SMILES string of the molecule is CC(CN)NC(=O)Cc1c[nH]c2c(O)cccc12. The molecule has 5 nitrogen and oxygen atoms in total. The molecule has 0 fully saturated rings. The fourth-order valence-electron chi connectivity index (χ4n) is 1.90. The lowest BCUT2D eigenvalue weighted by atomic mass is 10.1. The normalized spacial score (nSPS) is 12.6. The molecule has 1 atom stereocenters. The predicted molar refractivity (Wildman–Crippen MR) is 70.3 cm³/mol. The molecule has 1 amide bonds. The van der Waals surface area contributed by atoms with Crippen LogP contribution in [0.1, 0.15) is 12.5 Å². The van der Waals surface area contributed by atoms with Gasteiger partial charge >= 0.3 is 0 Å². The van der Waals surface area contributed by atoms with E-state index in [-0.39, 0.29) is 24.1 Å². The molecule has 0 aliphatic rings. The van der Waals surface area contributed by atoms with Crippen LogP contribution in [0.15, 0.2) is 24.4 Å². The van der Waals surface area contributed by atoms with E-state index < -0.39 is 0 Å². The third-order valence-electron chi connectivity index (χ3n) is 2.89. The lowest BCUT2D eigenvalue weighted by molar-refractivity contribution is -0.120. The fraction of sp³-hybridized carbons (Fsp3) is 0.308. The maximum Gasteiger partial charge on any atom is 0.224 e. The van der Waals surface area contributed by atoms with E-state index in [4.69, 9.17) is 5.73 Å². The molecular weight excluding hydrogens is 230 g/mol. The van der Waals surface area contributed by atoms with Crippen LogP contribution < -0.4 is 11.1 Å². The van der Waals surface area contributed by atoms with Crippen molar-refractivity contribution in [3.8, 4) is 5.75 Å². The lowest BCUT2D eigenvalue weighted by Crippen LogP contribution is -2.38. The number of rotatable bonds is 4. The first-order valence-electron chi connectivity index (χ1n) is 5.89. The second kappa shape index (κ2) is 5.10. The van der Waals surface area contributed by atoms with Gasteiger partial charge < -0.3 is 21.1 Å². The van der Waals surface area contributed by atoms with E-state index >= 15 is 0 Å². The van der Waals surface area contributed by atoms with Crippen molar-refractivity contribution >= 4 is 16.8 Å². The number of hydrogen-bond donors (Lipinski definition) is 4. The topological polar surface area (TPSA) is 91.1 Å². The van der Waals surface area contributed by atoms with Crippen LogP contribution in [0, 0.1) is 0 Å². The Morgan fingerprint density at radius 1 is 1.56 bits per heavy atom. The molecular formula is C13H17N3O2. The zero-order chi connectivity index (χ0) is 13.1. The highest BCUT2D eigenvalue weighted by molar-refractivity contribution is 5.91. The molecule has 1 heterocycles. The number of para-hydroxylation sites is 1. The molecule has 18 heavy (non-hydrogen) atoms. The second-order valence-electron chi connectivity index (χ2n) is 4.39. The van der Waals surface area contributed by atoms with Gasteiger partial charge in [-0.15, -0.1) is 0 Å². The van der Waals surface area contributed by atoms with Crippen LogP contribution in [0.4, 0.5) is 0 Å². The lowest BCUT2D eigenvalue weighted by Gasteiger charge is -2.10. The van der Waals surface area contributed by atoms with Gasteiger partial charge in [0.2, 0.25) is 5.91 Å². The molecule has 0 aliphatic heterocycles. The van der Waals surface area contributed by atoms with E-state index in [1.54, 1.807) is 18.3 Å². The van der Waals surface area contributed by atoms with Crippen molar-refractivity contribution in [2.24, 2.45) is 5.73 Å². The van der Waals surface area contributed by atoms with Gasteiger partial charge in [-0.2, -0.15) is 0 Å². The van der Waals surface area contributed by atoms with Gasteiger partial charge in [-0.3, -0.25) is 4.79 Å². The third-order valence-corrected chi connectivity index (χ3v) is 2.89. The first-order chi connectivity index (χ1) is 8.61. The molecule has 0 saturated heterocycles. The maximum atomic E-state index is 11.8. The number of phenolic OH excluding ortho intramolecular Hbond substituents is 1. The number of carbonyl (C=O) groups is 1. The summed E-state index contributed by atoms with van der Waals surface area (Å²) in [5.41, 5.74) is 6.97. The number of benzene rings is 1. The van der Waals surface area contributed by atoms with E-state index in [9.17, 15) is 9.90 Å². The summed E-state index contributed by atoms with van der Waals surface area (Å²) in [4.78, 5) is 14.7. The van der Waals surface area contributed by atoms with E-state index in [0.29, 0.717) is 12.1 Å². The van der Waals surface area contributed by atoms with Gasteiger partial charge in [-0.25, -0.2) is 0 Å². The standard InChI is InChI=1S/C13H17N3O2/c1-8(6-14)16-12(18)5-9-7-15-13-10(9)3-2-4-11(13)17/h2-4,7-8,15,17H,5-6,14H2,1H3,(H,16,18). The first-order valence-corrected chi connectivity index (χ1v) is 5.89. The summed E-state index contributed by atoms with van der Waals surface area (Å²) in [6, 6.07) is 5.21. The fourth-order valence-corrected chi connectivity index (χ4v) is 1.90. The van der Waals surface area contributed by atoms with Gasteiger partial charge in [0.15, 0.2) is 0 Å². The molecule has 1 aromatic heterocycles. The minimum Gasteiger partial charge on any atom is -0.506 e. The van der Waals surface area contributed by atoms with E-state index in [1.165, 1.54) is 0 Å². The number of aromatic amines is 1. The number of phenols is 1. The minimum absolute atomic E-state index is 0.0314. The Hall–Kier alpha value is -2.01. The molecule has 0 spiro atoms. The first kappa shape index (κ1) is 12.4. The number of nitrogens with one attached hydrogen (secondary N) is 2. The molecule has 2 rings (SSSR count). The van der Waals surface area contributed by atoms with E-state index in [2.05, 4.69) is 10.3 Å². The van der Waals surface area contributed by atoms with Gasteiger partial charge in [0.05, 0.1) is 11.9 Å². The summed E-state index contributed by atoms with van der Waals surface area (Å²) in [6.45, 7) is 2.28. The summed E-state index contributed by atoms with van der Waals surface area (Å²) in [6.07, 6.45) is 2.02. The molecule has 0 bridgehead atoms. The van der Waals surface area contributed by atoms with Gasteiger partial charge in [-0.05, 0) is 18.6 Å². The van der Waals surface area contributed by atoms with Crippen molar-refractivity contribution < 1.29 is 9.90 Å². The van der Waals surface area contributed by atoms with E-state index in [0.717, 1.165) is 10.9 Å². The molecule has 1 unspecified atom stereocenters. The highest BCUT2D eigenvalue weighted by Crippen LogP contribution is 2.26. The summed E-state index contributed by atoms with van der Waals surface area (Å²) >= 11 is 0. The molecule has 1 aromatic carbocycles. The Morgan fingerprint density at radius 2 is 2.33 bits per heavy atom. The van der Waals surface area contributed by atoms with Crippen molar-refractivity contribution in [2.45, 2.75) is 19.4 Å². The number of amides is 1. The number of carbonyl (C=O) groups excluding carboxylic acids is 1. The molecule has 96 valence electrons. The molecule has 5 heteroatoms. The number of H-pyrrole nitrogens is 1. The molecule has 0 radical (unpaired) electrons. The molecule has 5 N–H and O–H groups in total. The highest BCUT2D eigenvalue weighted by Gasteiger charge is 2.11. The Balaban J connectivity index is 2.17. The van der Waals surface area contributed by atoms with Crippen molar-refractivity contribution in [1.29, 1.82) is 0 Å². The minimum atomic E-state index is -0.0720. The van der Waals surface area contributed by atoms with Crippen LogP contribution in [-0.2, 0) is 11.2 Å². The van der Waals surface area contributed by atoms with Crippen molar-refractivity contribution in [3.05, 3.63) is 30.0 Å². The summed E-state index contributed by atoms with van der Waals surface area (Å²) in [7, 11) is 0. The van der Waals surface area contributed by atoms with Crippen LogP contribution >= 0.6 is 0 Å². The number of hydrogen-bond acceptors (Lipinski definition) is 3. The maximum absolute atomic E-state index is 11.8. The van der Waals surface area contributed by atoms with E-state index in [1.807, 2.05) is 13.0 Å². The van der Waals surface area contributed by atoms with Crippen LogP contribution in [0.3, 0.4) is 0 Å². The molecule has 0 saturated carbocycles. The second-order valence-corrected chi connectivity index (χ2v) is 4.39. The van der Waals surface area contributed by atoms with Gasteiger partial charge in [0.25, 0.3) is 0 Å². The largest absolute Gasteiger partial charge is 0.506 e. The van der Waals surface area contributed by atoms with Gasteiger partial charge in [0.1, 0.15) is 5.75 Å². The van der Waals surface area contributed by atoms with Crippen LogP contribution in [0.2, 0.25) is 0 Å². The van der Waals surface area contributed by atoms with Crippen molar-refractivity contribution in [2.75, 3.05) is 6.54 Å². The quantitative estimate of drug-likeness (QED) is 0.646. The number of nitrogens with two attached hydrogens (primary N) is 1. The zero-order valence-electron chi connectivity index (χ0n) is 10.2. The van der Waals surface area contributed by atoms with Crippen molar-refractivity contribution in [3.63, 3.8) is 0 Å². The third kappa shape index (κ3) is 2.46. The number of fused-ring (bicyclic) bond motifs is 1. The Labute approximate surface area is 105 Å². The number of aromatic nitrogens is 1. The summed E-state index contributed by atoms with van der Waals surface area (Å²) in [5.74, 6) is 0.117. The summed E-state index contributed by atoms with van der Waals surface area (Å²) < 4.78 is 0. The Kier molecular flexibility index (Phi) is 3.53. The Bertz CT molecular complexity index is 562. The number of aromatic hydroxyl groups is 1.